The number of hydrogen-bond acceptors (Lipinski definition) is 3. The van der Waals surface area contributed by atoms with Crippen LogP contribution in [0.5, 0.6) is 0 Å². The van der Waals surface area contributed by atoms with E-state index in [1.165, 1.54) is 17.7 Å². The lowest BCUT2D eigenvalue weighted by Gasteiger charge is -2.25. The Kier molecular flexibility index (Phi) is 4.01. The molecule has 1 saturated carbocycles. The minimum absolute atomic E-state index is 0.0910. The molecule has 1 saturated heterocycles. The van der Waals surface area contributed by atoms with Crippen LogP contribution in [0.4, 0.5) is 0 Å². The summed E-state index contributed by atoms with van der Waals surface area (Å²) < 4.78 is 0. The third kappa shape index (κ3) is 2.56. The highest BCUT2D eigenvalue weighted by Gasteiger charge is 2.43. The number of nitrogens with zero attached hydrogens (tertiary/aromatic N) is 1. The number of carbonyl (C=O) groups is 2. The number of carboxylic acid groups (broad SMARTS) is 1. The average molecular weight is 252 g/mol. The van der Waals surface area contributed by atoms with E-state index in [1.54, 1.807) is 6.08 Å². The second kappa shape index (κ2) is 5.52. The molecule has 0 radical (unpaired) electrons. The lowest BCUT2D eigenvalue weighted by Crippen LogP contribution is -2.48. The van der Waals surface area contributed by atoms with Crippen molar-refractivity contribution in [3.8, 4) is 0 Å². The molecular formula is C13H20N2O3. The fourth-order valence-electron chi connectivity index (χ4n) is 3.21. The molecule has 0 bridgehead atoms. The highest BCUT2D eigenvalue weighted by atomic mass is 16.4. The molecule has 100 valence electrons. The van der Waals surface area contributed by atoms with Crippen LogP contribution in [0.15, 0.2) is 12.7 Å². The van der Waals surface area contributed by atoms with E-state index in [-0.39, 0.29) is 18.5 Å². The Morgan fingerprint density at radius 2 is 2.22 bits per heavy atom. The van der Waals surface area contributed by atoms with Crippen LogP contribution in [0.3, 0.4) is 0 Å². The van der Waals surface area contributed by atoms with Crippen molar-refractivity contribution in [3.05, 3.63) is 12.7 Å². The van der Waals surface area contributed by atoms with E-state index < -0.39 is 5.97 Å². The number of carbonyl (C=O) groups excluding carboxylic acids is 1. The van der Waals surface area contributed by atoms with Crippen molar-refractivity contribution in [1.29, 1.82) is 0 Å². The maximum Gasteiger partial charge on any atom is 0.323 e. The normalized spacial score (nSPS) is 29.9. The fourth-order valence-corrected chi connectivity index (χ4v) is 3.21. The van der Waals surface area contributed by atoms with Gasteiger partial charge in [0.1, 0.15) is 6.54 Å². The first kappa shape index (κ1) is 13.1. The quantitative estimate of drug-likeness (QED) is 0.698. The molecule has 0 spiro atoms. The molecule has 2 fully saturated rings. The van der Waals surface area contributed by atoms with Crippen molar-refractivity contribution in [2.75, 3.05) is 19.6 Å². The minimum atomic E-state index is -0.980. The molecule has 0 aromatic heterocycles. The summed E-state index contributed by atoms with van der Waals surface area (Å²) in [5.41, 5.74) is 0. The molecule has 2 N–H and O–H groups in total. The van der Waals surface area contributed by atoms with Crippen LogP contribution in [-0.2, 0) is 9.59 Å². The van der Waals surface area contributed by atoms with Crippen molar-refractivity contribution in [2.24, 2.45) is 11.8 Å². The van der Waals surface area contributed by atoms with E-state index in [2.05, 4.69) is 11.9 Å². The number of nitrogens with one attached hydrogen (secondary N) is 1. The zero-order chi connectivity index (χ0) is 13.1. The number of hydrogen-bond donors (Lipinski definition) is 2. The first-order valence-corrected chi connectivity index (χ1v) is 6.48. The predicted octanol–water partition coefficient (Wildman–Crippen LogP) is 0.474. The fraction of sp³-hybridized carbons (Fsp3) is 0.692. The van der Waals surface area contributed by atoms with Crippen LogP contribution >= 0.6 is 0 Å². The zero-order valence-electron chi connectivity index (χ0n) is 10.5. The van der Waals surface area contributed by atoms with Gasteiger partial charge in [-0.25, -0.2) is 0 Å². The van der Waals surface area contributed by atoms with E-state index in [4.69, 9.17) is 5.11 Å². The van der Waals surface area contributed by atoms with E-state index >= 15 is 0 Å². The number of fused-ring (bicyclic) bond motifs is 1. The molecule has 2 aliphatic rings. The van der Waals surface area contributed by atoms with E-state index in [1.807, 2.05) is 0 Å². The van der Waals surface area contributed by atoms with Gasteiger partial charge < -0.3 is 15.3 Å². The minimum Gasteiger partial charge on any atom is -0.480 e. The Hall–Kier alpha value is -1.36. The Morgan fingerprint density at radius 1 is 1.44 bits per heavy atom. The average Bonchev–Trinajstić information content (AvgIpc) is 2.88. The van der Waals surface area contributed by atoms with Gasteiger partial charge in [-0.3, -0.25) is 9.59 Å². The maximum atomic E-state index is 12.4. The number of amides is 1. The van der Waals surface area contributed by atoms with Crippen LogP contribution < -0.4 is 5.32 Å². The SMILES string of the molecule is C=CCN(CC(=O)O)C(=O)C1NCC2CCCC21. The zero-order valence-corrected chi connectivity index (χ0v) is 10.5. The van der Waals surface area contributed by atoms with Crippen LogP contribution in [0, 0.1) is 11.8 Å². The third-order valence-corrected chi connectivity index (χ3v) is 4.00. The molecule has 3 atom stereocenters. The van der Waals surface area contributed by atoms with Gasteiger partial charge in [0.25, 0.3) is 0 Å². The molecule has 18 heavy (non-hydrogen) atoms. The summed E-state index contributed by atoms with van der Waals surface area (Å²) in [6, 6.07) is -0.197. The van der Waals surface area contributed by atoms with Crippen molar-refractivity contribution < 1.29 is 14.7 Å². The van der Waals surface area contributed by atoms with Crippen molar-refractivity contribution in [3.63, 3.8) is 0 Å². The Labute approximate surface area is 107 Å². The summed E-state index contributed by atoms with van der Waals surface area (Å²) in [7, 11) is 0. The standard InChI is InChI=1S/C13H20N2O3/c1-2-6-15(8-11(16)17)13(18)12-10-5-3-4-9(10)7-14-12/h2,9-10,12,14H,1,3-8H2,(H,16,17). The summed E-state index contributed by atoms with van der Waals surface area (Å²) in [6.45, 7) is 4.50. The van der Waals surface area contributed by atoms with Crippen LogP contribution in [-0.4, -0.2) is 47.6 Å². The molecule has 1 aliphatic heterocycles. The third-order valence-electron chi connectivity index (χ3n) is 4.00. The highest BCUT2D eigenvalue weighted by Crippen LogP contribution is 2.38. The van der Waals surface area contributed by atoms with Gasteiger partial charge >= 0.3 is 5.97 Å². The maximum absolute atomic E-state index is 12.4. The summed E-state index contributed by atoms with van der Waals surface area (Å²) in [4.78, 5) is 24.5. The van der Waals surface area contributed by atoms with Gasteiger partial charge in [0, 0.05) is 6.54 Å². The topological polar surface area (TPSA) is 69.6 Å². The molecule has 5 nitrogen and oxygen atoms in total. The van der Waals surface area contributed by atoms with Gasteiger partial charge in [0.2, 0.25) is 5.91 Å². The summed E-state index contributed by atoms with van der Waals surface area (Å²) in [6.07, 6.45) is 5.01. The molecule has 0 aromatic carbocycles. The monoisotopic (exact) mass is 252 g/mol. The first-order valence-electron chi connectivity index (χ1n) is 6.48. The first-order chi connectivity index (χ1) is 8.63. The smallest absolute Gasteiger partial charge is 0.323 e. The van der Waals surface area contributed by atoms with E-state index in [9.17, 15) is 9.59 Å². The Morgan fingerprint density at radius 3 is 2.89 bits per heavy atom. The molecule has 1 amide bonds. The van der Waals surface area contributed by atoms with E-state index in [0.717, 1.165) is 13.0 Å². The van der Waals surface area contributed by atoms with Gasteiger partial charge in [0.15, 0.2) is 0 Å². The van der Waals surface area contributed by atoms with E-state index in [0.29, 0.717) is 18.4 Å². The van der Waals surface area contributed by atoms with Crippen LogP contribution in [0.1, 0.15) is 19.3 Å². The number of carboxylic acids is 1. The highest BCUT2D eigenvalue weighted by molar-refractivity contribution is 5.86. The molecule has 1 heterocycles. The summed E-state index contributed by atoms with van der Waals surface area (Å²) >= 11 is 0. The second-order valence-corrected chi connectivity index (χ2v) is 5.14. The Balaban J connectivity index is 2.03. The summed E-state index contributed by atoms with van der Waals surface area (Å²) in [5, 5.41) is 12.1. The van der Waals surface area contributed by atoms with Gasteiger partial charge in [-0.2, -0.15) is 0 Å². The van der Waals surface area contributed by atoms with Crippen molar-refractivity contribution in [2.45, 2.75) is 25.3 Å². The molecule has 2 rings (SSSR count). The van der Waals surface area contributed by atoms with Crippen LogP contribution in [0.25, 0.3) is 0 Å². The predicted molar refractivity (Wildman–Crippen MR) is 67.0 cm³/mol. The lowest BCUT2D eigenvalue weighted by atomic mass is 9.93. The molecule has 5 heteroatoms. The molecule has 1 aliphatic carbocycles. The summed E-state index contributed by atoms with van der Waals surface area (Å²) in [5.74, 6) is -0.0918. The molecular weight excluding hydrogens is 232 g/mol. The lowest BCUT2D eigenvalue weighted by molar-refractivity contribution is -0.145. The van der Waals surface area contributed by atoms with Crippen molar-refractivity contribution in [1.82, 2.24) is 10.2 Å². The van der Waals surface area contributed by atoms with Gasteiger partial charge in [-0.15, -0.1) is 6.58 Å². The second-order valence-electron chi connectivity index (χ2n) is 5.14. The number of rotatable bonds is 5. The van der Waals surface area contributed by atoms with Gasteiger partial charge in [-0.1, -0.05) is 12.5 Å². The van der Waals surface area contributed by atoms with Gasteiger partial charge in [-0.05, 0) is 31.2 Å². The van der Waals surface area contributed by atoms with Crippen molar-refractivity contribution >= 4 is 11.9 Å². The van der Waals surface area contributed by atoms with Crippen LogP contribution in [0.2, 0.25) is 0 Å². The number of aliphatic carboxylic acids is 1. The largest absolute Gasteiger partial charge is 0.480 e. The Bertz CT molecular complexity index is 356. The van der Waals surface area contributed by atoms with Gasteiger partial charge in [0.05, 0.1) is 6.04 Å². The molecule has 3 unspecified atom stereocenters. The molecule has 0 aromatic rings.